The van der Waals surface area contributed by atoms with E-state index in [0.717, 1.165) is 48.9 Å². The molecule has 2 N–H and O–H groups in total. The Morgan fingerprint density at radius 3 is 2.67 bits per heavy atom. The minimum atomic E-state index is -0.158. The first-order valence-electron chi connectivity index (χ1n) is 10.0. The molecule has 8 heteroatoms. The lowest BCUT2D eigenvalue weighted by Gasteiger charge is -2.34. The number of halogens is 1. The van der Waals surface area contributed by atoms with Crippen molar-refractivity contribution >= 4 is 23.7 Å². The number of ether oxygens (including phenoxy) is 1. The summed E-state index contributed by atoms with van der Waals surface area (Å²) in [6.45, 7) is 6.82. The Morgan fingerprint density at radius 1 is 1.20 bits per heavy atom. The first-order valence-corrected chi connectivity index (χ1v) is 10.4. The van der Waals surface area contributed by atoms with E-state index >= 15 is 0 Å². The Hall–Kier alpha value is -2.61. The number of hydrazone groups is 1. The normalized spacial score (nSPS) is 15.4. The first kappa shape index (κ1) is 22.1. The molecule has 0 bridgehead atoms. The number of phenols is 1. The van der Waals surface area contributed by atoms with Gasteiger partial charge in [0.25, 0.3) is 5.91 Å². The van der Waals surface area contributed by atoms with Crippen LogP contribution in [0.3, 0.4) is 0 Å². The molecule has 0 spiro atoms. The summed E-state index contributed by atoms with van der Waals surface area (Å²) in [5.41, 5.74) is 4.41. The van der Waals surface area contributed by atoms with E-state index in [4.69, 9.17) is 16.3 Å². The van der Waals surface area contributed by atoms with E-state index in [0.29, 0.717) is 18.9 Å². The summed E-state index contributed by atoms with van der Waals surface area (Å²) in [5.74, 6) is 0.309. The lowest BCUT2D eigenvalue weighted by atomic mass is 10.2. The molecule has 0 unspecified atom stereocenters. The van der Waals surface area contributed by atoms with Crippen molar-refractivity contribution in [3.63, 3.8) is 0 Å². The molecule has 0 radical (unpaired) electrons. The number of carbonyl (C=O) groups excluding carboxylic acids is 1. The molecule has 1 saturated heterocycles. The number of hydrogen-bond donors (Lipinski definition) is 2. The molecule has 2 aromatic rings. The van der Waals surface area contributed by atoms with Gasteiger partial charge in [-0.1, -0.05) is 29.8 Å². The summed E-state index contributed by atoms with van der Waals surface area (Å²) in [6, 6.07) is 12.8. The number of aromatic hydroxyl groups is 1. The monoisotopic (exact) mass is 430 g/mol. The highest BCUT2D eigenvalue weighted by Gasteiger charge is 2.19. The molecule has 1 heterocycles. The van der Waals surface area contributed by atoms with E-state index in [1.165, 1.54) is 12.3 Å². The SMILES string of the molecule is CCOc1cc(C=NNC(=O)CN2CCN(Cc3ccccc3Cl)CC2)ccc1O. The third-order valence-electron chi connectivity index (χ3n) is 4.87. The predicted octanol–water partition coefficient (Wildman–Crippen LogP) is 2.71. The largest absolute Gasteiger partial charge is 0.504 e. The molecule has 1 fully saturated rings. The van der Waals surface area contributed by atoms with Gasteiger partial charge in [0.2, 0.25) is 0 Å². The van der Waals surface area contributed by atoms with Gasteiger partial charge in [-0.15, -0.1) is 0 Å². The van der Waals surface area contributed by atoms with Gasteiger partial charge in [0.1, 0.15) is 0 Å². The molecular formula is C22H27ClN4O3. The molecule has 3 rings (SSSR count). The molecule has 1 amide bonds. The summed E-state index contributed by atoms with van der Waals surface area (Å²) in [4.78, 5) is 16.6. The molecule has 30 heavy (non-hydrogen) atoms. The fraction of sp³-hybridized carbons (Fsp3) is 0.364. The van der Waals surface area contributed by atoms with Crippen molar-refractivity contribution in [1.29, 1.82) is 0 Å². The predicted molar refractivity (Wildman–Crippen MR) is 118 cm³/mol. The molecule has 160 valence electrons. The highest BCUT2D eigenvalue weighted by molar-refractivity contribution is 6.31. The molecular weight excluding hydrogens is 404 g/mol. The summed E-state index contributed by atoms with van der Waals surface area (Å²) in [5, 5.41) is 14.5. The summed E-state index contributed by atoms with van der Waals surface area (Å²) >= 11 is 6.24. The average Bonchev–Trinajstić information content (AvgIpc) is 2.73. The van der Waals surface area contributed by atoms with Crippen molar-refractivity contribution in [2.75, 3.05) is 39.3 Å². The van der Waals surface area contributed by atoms with Crippen molar-refractivity contribution in [2.24, 2.45) is 5.10 Å². The number of nitrogens with zero attached hydrogens (tertiary/aromatic N) is 3. The van der Waals surface area contributed by atoms with Gasteiger partial charge < -0.3 is 9.84 Å². The number of nitrogens with one attached hydrogen (secondary N) is 1. The number of phenolic OH excluding ortho intramolecular Hbond substituents is 1. The molecule has 7 nitrogen and oxygen atoms in total. The fourth-order valence-electron chi connectivity index (χ4n) is 3.27. The van der Waals surface area contributed by atoms with Gasteiger partial charge in [0.05, 0.1) is 19.4 Å². The summed E-state index contributed by atoms with van der Waals surface area (Å²) < 4.78 is 5.34. The Balaban J connectivity index is 1.41. The summed E-state index contributed by atoms with van der Waals surface area (Å²) in [6.07, 6.45) is 1.53. The van der Waals surface area contributed by atoms with Crippen LogP contribution < -0.4 is 10.2 Å². The molecule has 0 aromatic heterocycles. The smallest absolute Gasteiger partial charge is 0.254 e. The first-order chi connectivity index (χ1) is 14.5. The molecule has 1 aliphatic heterocycles. The zero-order valence-electron chi connectivity index (χ0n) is 17.1. The van der Waals surface area contributed by atoms with Crippen molar-refractivity contribution in [1.82, 2.24) is 15.2 Å². The van der Waals surface area contributed by atoms with E-state index in [9.17, 15) is 9.90 Å². The van der Waals surface area contributed by atoms with Crippen LogP contribution in [0.25, 0.3) is 0 Å². The van der Waals surface area contributed by atoms with E-state index in [2.05, 4.69) is 20.3 Å². The Kier molecular flexibility index (Phi) is 8.07. The van der Waals surface area contributed by atoms with Crippen LogP contribution in [0, 0.1) is 0 Å². The summed E-state index contributed by atoms with van der Waals surface area (Å²) in [7, 11) is 0. The zero-order chi connectivity index (χ0) is 21.3. The molecule has 0 aliphatic carbocycles. The Bertz CT molecular complexity index is 882. The second-order valence-electron chi connectivity index (χ2n) is 7.10. The minimum Gasteiger partial charge on any atom is -0.504 e. The number of amides is 1. The second-order valence-corrected chi connectivity index (χ2v) is 7.50. The number of rotatable bonds is 8. The zero-order valence-corrected chi connectivity index (χ0v) is 17.8. The third kappa shape index (κ3) is 6.45. The molecule has 0 atom stereocenters. The maximum atomic E-state index is 12.2. The highest BCUT2D eigenvalue weighted by atomic mass is 35.5. The number of hydrogen-bond acceptors (Lipinski definition) is 6. The quantitative estimate of drug-likeness (QED) is 0.497. The Morgan fingerprint density at radius 2 is 1.93 bits per heavy atom. The van der Waals surface area contributed by atoms with E-state index < -0.39 is 0 Å². The van der Waals surface area contributed by atoms with Crippen LogP contribution in [-0.2, 0) is 11.3 Å². The van der Waals surface area contributed by atoms with Gasteiger partial charge in [-0.2, -0.15) is 5.10 Å². The van der Waals surface area contributed by atoms with Crippen molar-refractivity contribution in [3.05, 3.63) is 58.6 Å². The van der Waals surface area contributed by atoms with Crippen molar-refractivity contribution < 1.29 is 14.6 Å². The van der Waals surface area contributed by atoms with Crippen molar-refractivity contribution in [2.45, 2.75) is 13.5 Å². The number of piperazine rings is 1. The Labute approximate surface area is 181 Å². The van der Waals surface area contributed by atoms with E-state index in [-0.39, 0.29) is 11.7 Å². The topological polar surface area (TPSA) is 77.4 Å². The van der Waals surface area contributed by atoms with Crippen LogP contribution in [0.5, 0.6) is 11.5 Å². The third-order valence-corrected chi connectivity index (χ3v) is 5.24. The van der Waals surface area contributed by atoms with Gasteiger partial charge >= 0.3 is 0 Å². The van der Waals surface area contributed by atoms with Crippen molar-refractivity contribution in [3.8, 4) is 11.5 Å². The van der Waals surface area contributed by atoms with Gasteiger partial charge in [0.15, 0.2) is 11.5 Å². The van der Waals surface area contributed by atoms with Crippen LogP contribution in [0.1, 0.15) is 18.1 Å². The average molecular weight is 431 g/mol. The highest BCUT2D eigenvalue weighted by Crippen LogP contribution is 2.26. The lowest BCUT2D eigenvalue weighted by Crippen LogP contribution is -2.48. The van der Waals surface area contributed by atoms with Crippen LogP contribution >= 0.6 is 11.6 Å². The molecule has 1 aliphatic rings. The van der Waals surface area contributed by atoms with E-state index in [1.807, 2.05) is 31.2 Å². The number of benzene rings is 2. The molecule has 0 saturated carbocycles. The van der Waals surface area contributed by atoms with E-state index in [1.54, 1.807) is 12.1 Å². The van der Waals surface area contributed by atoms with Crippen LogP contribution in [0.4, 0.5) is 0 Å². The lowest BCUT2D eigenvalue weighted by molar-refractivity contribution is -0.122. The van der Waals surface area contributed by atoms with Crippen LogP contribution in [0.15, 0.2) is 47.6 Å². The standard InChI is InChI=1S/C22H27ClN4O3/c1-2-30-21-13-17(7-8-20(21)28)14-24-25-22(29)16-27-11-9-26(10-12-27)15-18-5-3-4-6-19(18)23/h3-8,13-14,28H,2,9-12,15-16H2,1H3,(H,25,29). The minimum absolute atomic E-state index is 0.0757. The second kappa shape index (κ2) is 11.0. The van der Waals surface area contributed by atoms with Gasteiger partial charge in [0, 0.05) is 37.7 Å². The van der Waals surface area contributed by atoms with Gasteiger partial charge in [-0.3, -0.25) is 14.6 Å². The van der Waals surface area contributed by atoms with Crippen LogP contribution in [-0.4, -0.2) is 66.4 Å². The van der Waals surface area contributed by atoms with Crippen LogP contribution in [0.2, 0.25) is 5.02 Å². The maximum absolute atomic E-state index is 12.2. The van der Waals surface area contributed by atoms with Gasteiger partial charge in [-0.05, 0) is 42.3 Å². The maximum Gasteiger partial charge on any atom is 0.254 e. The fourth-order valence-corrected chi connectivity index (χ4v) is 3.47. The van der Waals surface area contributed by atoms with Gasteiger partial charge in [-0.25, -0.2) is 5.43 Å². The molecule has 2 aromatic carbocycles. The number of carbonyl (C=O) groups is 1.